The van der Waals surface area contributed by atoms with Gasteiger partial charge >= 0.3 is 18.6 Å². The lowest BCUT2D eigenvalue weighted by Gasteiger charge is -2.34. The second-order valence-electron chi connectivity index (χ2n) is 5.61. The highest BCUT2D eigenvalue weighted by Crippen LogP contribution is 2.23. The Morgan fingerprint density at radius 2 is 1.96 bits per heavy atom. The number of rotatable bonds is 4. The molecular weight excluding hydrogens is 310 g/mol. The second kappa shape index (κ2) is 7.26. The summed E-state index contributed by atoms with van der Waals surface area (Å²) in [5.41, 5.74) is 0.418. The number of nitrogens with one attached hydrogen (secondary N) is 1. The van der Waals surface area contributed by atoms with E-state index in [0.29, 0.717) is 18.7 Å². The van der Waals surface area contributed by atoms with Gasteiger partial charge in [0.1, 0.15) is 5.75 Å². The molecule has 0 spiro atoms. The molecule has 2 N–H and O–H groups in total. The Kier molecular flexibility index (Phi) is 5.36. The van der Waals surface area contributed by atoms with Gasteiger partial charge in [0, 0.05) is 18.8 Å². The fraction of sp³-hybridized carbons (Fsp3) is 0.467. The van der Waals surface area contributed by atoms with Crippen molar-refractivity contribution < 1.29 is 28.2 Å². The smallest absolute Gasteiger partial charge is 0.387 e. The van der Waals surface area contributed by atoms with Crippen LogP contribution in [0, 0.1) is 11.8 Å². The molecular formula is C15H18F2N2O4. The molecule has 8 heteroatoms. The van der Waals surface area contributed by atoms with Gasteiger partial charge in [-0.2, -0.15) is 8.78 Å². The zero-order valence-corrected chi connectivity index (χ0v) is 12.5. The SMILES string of the molecule is CC1CC(C(=O)O)CN(C(=O)Nc2ccc(OC(F)F)cc2)C1. The number of carboxylic acids is 1. The van der Waals surface area contributed by atoms with Crippen molar-refractivity contribution in [2.45, 2.75) is 20.0 Å². The number of nitrogens with zero attached hydrogens (tertiary/aromatic N) is 1. The van der Waals surface area contributed by atoms with Crippen molar-refractivity contribution in [3.63, 3.8) is 0 Å². The van der Waals surface area contributed by atoms with Crippen LogP contribution in [0.1, 0.15) is 13.3 Å². The summed E-state index contributed by atoms with van der Waals surface area (Å²) in [4.78, 5) is 24.8. The molecule has 2 amide bonds. The molecule has 23 heavy (non-hydrogen) atoms. The fourth-order valence-electron chi connectivity index (χ4n) is 2.62. The summed E-state index contributed by atoms with van der Waals surface area (Å²) in [6, 6.07) is 5.11. The predicted molar refractivity (Wildman–Crippen MR) is 78.6 cm³/mol. The molecule has 1 aromatic carbocycles. The molecule has 0 bridgehead atoms. The standard InChI is InChI=1S/C15H18F2N2O4/c1-9-6-10(13(20)21)8-19(7-9)15(22)18-11-2-4-12(5-3-11)23-14(16)17/h2-5,9-10,14H,6-8H2,1H3,(H,18,22)(H,20,21). The molecule has 0 aliphatic carbocycles. The molecule has 6 nitrogen and oxygen atoms in total. The van der Waals surface area contributed by atoms with Gasteiger partial charge in [-0.25, -0.2) is 4.79 Å². The lowest BCUT2D eigenvalue weighted by Crippen LogP contribution is -2.47. The quantitative estimate of drug-likeness (QED) is 0.891. The Morgan fingerprint density at radius 1 is 1.30 bits per heavy atom. The maximum atomic E-state index is 12.2. The Hall–Kier alpha value is -2.38. The third-order valence-corrected chi connectivity index (χ3v) is 3.63. The van der Waals surface area contributed by atoms with Gasteiger partial charge in [-0.05, 0) is 36.6 Å². The number of halogens is 2. The molecule has 0 saturated carbocycles. The van der Waals surface area contributed by atoms with Gasteiger partial charge in [-0.1, -0.05) is 6.92 Å². The zero-order valence-electron chi connectivity index (χ0n) is 12.5. The van der Waals surface area contributed by atoms with Crippen molar-refractivity contribution in [1.29, 1.82) is 0 Å². The minimum Gasteiger partial charge on any atom is -0.481 e. The van der Waals surface area contributed by atoms with Crippen molar-refractivity contribution in [2.75, 3.05) is 18.4 Å². The average Bonchev–Trinajstić information content (AvgIpc) is 2.48. The van der Waals surface area contributed by atoms with Crippen LogP contribution in [0.3, 0.4) is 0 Å². The molecule has 2 unspecified atom stereocenters. The van der Waals surface area contributed by atoms with Crippen LogP contribution in [-0.2, 0) is 4.79 Å². The Balaban J connectivity index is 1.96. The van der Waals surface area contributed by atoms with Gasteiger partial charge in [0.25, 0.3) is 0 Å². The molecule has 2 atom stereocenters. The van der Waals surface area contributed by atoms with E-state index in [1.54, 1.807) is 0 Å². The van der Waals surface area contributed by atoms with E-state index >= 15 is 0 Å². The normalized spacial score (nSPS) is 21.1. The highest BCUT2D eigenvalue weighted by atomic mass is 19.3. The molecule has 2 rings (SSSR count). The minimum absolute atomic E-state index is 0.00413. The molecule has 1 heterocycles. The van der Waals surface area contributed by atoms with Crippen LogP contribution in [0.4, 0.5) is 19.3 Å². The van der Waals surface area contributed by atoms with E-state index in [9.17, 15) is 18.4 Å². The van der Waals surface area contributed by atoms with E-state index in [2.05, 4.69) is 10.1 Å². The molecule has 1 fully saturated rings. The number of hydrogen-bond donors (Lipinski definition) is 2. The summed E-state index contributed by atoms with van der Waals surface area (Å²) in [5.74, 6) is -1.40. The lowest BCUT2D eigenvalue weighted by molar-refractivity contribution is -0.143. The maximum Gasteiger partial charge on any atom is 0.387 e. The number of benzene rings is 1. The Morgan fingerprint density at radius 3 is 2.52 bits per heavy atom. The summed E-state index contributed by atoms with van der Waals surface area (Å²) in [5, 5.41) is 11.7. The van der Waals surface area contributed by atoms with Gasteiger partial charge in [0.15, 0.2) is 0 Å². The molecule has 1 aliphatic rings. The van der Waals surface area contributed by atoms with E-state index in [4.69, 9.17) is 5.11 Å². The Labute approximate surface area is 132 Å². The van der Waals surface area contributed by atoms with Gasteiger partial charge in [0.05, 0.1) is 5.92 Å². The predicted octanol–water partition coefficient (Wildman–Crippen LogP) is 2.86. The van der Waals surface area contributed by atoms with E-state index in [1.165, 1.54) is 29.2 Å². The summed E-state index contributed by atoms with van der Waals surface area (Å²) in [7, 11) is 0. The van der Waals surface area contributed by atoms with Crippen LogP contribution < -0.4 is 10.1 Å². The number of ether oxygens (including phenoxy) is 1. The first-order valence-corrected chi connectivity index (χ1v) is 7.18. The van der Waals surface area contributed by atoms with Crippen LogP contribution in [-0.4, -0.2) is 41.7 Å². The average molecular weight is 328 g/mol. The van der Waals surface area contributed by atoms with Gasteiger partial charge in [-0.3, -0.25) is 4.79 Å². The van der Waals surface area contributed by atoms with Crippen LogP contribution in [0.2, 0.25) is 0 Å². The van der Waals surface area contributed by atoms with Gasteiger partial charge in [0.2, 0.25) is 0 Å². The van der Waals surface area contributed by atoms with Gasteiger partial charge < -0.3 is 20.1 Å². The number of urea groups is 1. The summed E-state index contributed by atoms with van der Waals surface area (Å²) in [6.07, 6.45) is 0.540. The third-order valence-electron chi connectivity index (χ3n) is 3.63. The number of amides is 2. The monoisotopic (exact) mass is 328 g/mol. The first-order chi connectivity index (χ1) is 10.8. The Bertz CT molecular complexity index is 565. The first-order valence-electron chi connectivity index (χ1n) is 7.18. The lowest BCUT2D eigenvalue weighted by atomic mass is 9.91. The van der Waals surface area contributed by atoms with Crippen LogP contribution >= 0.6 is 0 Å². The van der Waals surface area contributed by atoms with E-state index in [-0.39, 0.29) is 18.2 Å². The number of aliphatic carboxylic acids is 1. The van der Waals surface area contributed by atoms with E-state index in [0.717, 1.165) is 0 Å². The molecule has 0 aromatic heterocycles. The largest absolute Gasteiger partial charge is 0.481 e. The van der Waals surface area contributed by atoms with Crippen molar-refractivity contribution in [3.8, 4) is 5.75 Å². The van der Waals surface area contributed by atoms with Crippen molar-refractivity contribution in [2.24, 2.45) is 11.8 Å². The molecule has 1 aliphatic heterocycles. The number of carbonyl (C=O) groups excluding carboxylic acids is 1. The van der Waals surface area contributed by atoms with Crippen molar-refractivity contribution in [3.05, 3.63) is 24.3 Å². The fourth-order valence-corrected chi connectivity index (χ4v) is 2.62. The topological polar surface area (TPSA) is 78.9 Å². The highest BCUT2D eigenvalue weighted by Gasteiger charge is 2.31. The van der Waals surface area contributed by atoms with Crippen LogP contribution in [0.15, 0.2) is 24.3 Å². The number of alkyl halides is 2. The van der Waals surface area contributed by atoms with E-state index in [1.807, 2.05) is 6.92 Å². The molecule has 1 aromatic rings. The van der Waals surface area contributed by atoms with E-state index < -0.39 is 24.5 Å². The number of anilines is 1. The molecule has 1 saturated heterocycles. The summed E-state index contributed by atoms with van der Waals surface area (Å²) < 4.78 is 28.4. The first kappa shape index (κ1) is 17.0. The summed E-state index contributed by atoms with van der Waals surface area (Å²) >= 11 is 0. The highest BCUT2D eigenvalue weighted by molar-refractivity contribution is 5.89. The minimum atomic E-state index is -2.90. The molecule has 0 radical (unpaired) electrons. The van der Waals surface area contributed by atoms with Crippen LogP contribution in [0.25, 0.3) is 0 Å². The number of likely N-dealkylation sites (tertiary alicyclic amines) is 1. The number of hydrogen-bond acceptors (Lipinski definition) is 3. The van der Waals surface area contributed by atoms with Crippen molar-refractivity contribution in [1.82, 2.24) is 4.90 Å². The van der Waals surface area contributed by atoms with Crippen LogP contribution in [0.5, 0.6) is 5.75 Å². The number of carbonyl (C=O) groups is 2. The molecule has 126 valence electrons. The van der Waals surface area contributed by atoms with Gasteiger partial charge in [-0.15, -0.1) is 0 Å². The number of carboxylic acid groups (broad SMARTS) is 1. The van der Waals surface area contributed by atoms with Crippen molar-refractivity contribution >= 4 is 17.7 Å². The third kappa shape index (κ3) is 4.80. The zero-order chi connectivity index (χ0) is 17.0. The number of piperidine rings is 1. The summed E-state index contributed by atoms with van der Waals surface area (Å²) in [6.45, 7) is -0.384. The maximum absolute atomic E-state index is 12.2. The second-order valence-corrected chi connectivity index (χ2v) is 5.61.